The van der Waals surface area contributed by atoms with E-state index in [1.807, 2.05) is 0 Å². The van der Waals surface area contributed by atoms with Crippen molar-refractivity contribution in [2.24, 2.45) is 0 Å². The Morgan fingerprint density at radius 2 is 1.85 bits per heavy atom. The molecule has 5 nitrogen and oxygen atoms in total. The van der Waals surface area contributed by atoms with Crippen LogP contribution in [0.5, 0.6) is 0 Å². The van der Waals surface area contributed by atoms with Gasteiger partial charge in [-0.15, -0.1) is 0 Å². The SMILES string of the molecule is Cc1cncc(C(=O)O)c1C(=O)O. The van der Waals surface area contributed by atoms with Crippen LogP contribution < -0.4 is 0 Å². The fourth-order valence-electron chi connectivity index (χ4n) is 1.01. The van der Waals surface area contributed by atoms with E-state index in [0.29, 0.717) is 5.56 Å². The Labute approximate surface area is 73.7 Å². The van der Waals surface area contributed by atoms with Gasteiger partial charge in [0.25, 0.3) is 0 Å². The summed E-state index contributed by atoms with van der Waals surface area (Å²) in [7, 11) is 0. The summed E-state index contributed by atoms with van der Waals surface area (Å²) in [5.74, 6) is -2.54. The molecule has 0 radical (unpaired) electrons. The third-order valence-corrected chi connectivity index (χ3v) is 1.58. The van der Waals surface area contributed by atoms with Crippen LogP contribution in [0.15, 0.2) is 12.4 Å². The van der Waals surface area contributed by atoms with Crippen LogP contribution >= 0.6 is 0 Å². The second kappa shape index (κ2) is 3.22. The zero-order valence-corrected chi connectivity index (χ0v) is 6.81. The number of pyridine rings is 1. The van der Waals surface area contributed by atoms with Gasteiger partial charge in [-0.1, -0.05) is 0 Å². The molecule has 0 aliphatic carbocycles. The molecule has 1 heterocycles. The van der Waals surface area contributed by atoms with Crippen LogP contribution in [0, 0.1) is 6.92 Å². The molecule has 1 rings (SSSR count). The lowest BCUT2D eigenvalue weighted by Gasteiger charge is -2.02. The van der Waals surface area contributed by atoms with E-state index in [1.165, 1.54) is 13.1 Å². The third-order valence-electron chi connectivity index (χ3n) is 1.58. The monoisotopic (exact) mass is 181 g/mol. The summed E-state index contributed by atoms with van der Waals surface area (Å²) in [5, 5.41) is 17.3. The first-order valence-corrected chi connectivity index (χ1v) is 3.45. The van der Waals surface area contributed by atoms with E-state index in [0.717, 1.165) is 6.20 Å². The first-order chi connectivity index (χ1) is 6.04. The van der Waals surface area contributed by atoms with E-state index >= 15 is 0 Å². The predicted molar refractivity (Wildman–Crippen MR) is 42.9 cm³/mol. The van der Waals surface area contributed by atoms with Gasteiger partial charge < -0.3 is 10.2 Å². The zero-order chi connectivity index (χ0) is 10.0. The van der Waals surface area contributed by atoms with Crippen molar-refractivity contribution in [3.05, 3.63) is 29.1 Å². The van der Waals surface area contributed by atoms with Crippen LogP contribution in [0.2, 0.25) is 0 Å². The molecular weight excluding hydrogens is 174 g/mol. The van der Waals surface area contributed by atoms with Crippen molar-refractivity contribution in [1.29, 1.82) is 0 Å². The Hall–Kier alpha value is -1.91. The lowest BCUT2D eigenvalue weighted by molar-refractivity contribution is 0.0650. The molecule has 0 saturated heterocycles. The number of hydrogen-bond acceptors (Lipinski definition) is 3. The van der Waals surface area contributed by atoms with Crippen molar-refractivity contribution >= 4 is 11.9 Å². The Bertz CT molecular complexity index is 372. The van der Waals surface area contributed by atoms with Gasteiger partial charge in [0.2, 0.25) is 0 Å². The second-order valence-electron chi connectivity index (χ2n) is 2.49. The highest BCUT2D eigenvalue weighted by Crippen LogP contribution is 2.12. The van der Waals surface area contributed by atoms with Gasteiger partial charge in [0.15, 0.2) is 0 Å². The first-order valence-electron chi connectivity index (χ1n) is 3.45. The minimum Gasteiger partial charge on any atom is -0.478 e. The topological polar surface area (TPSA) is 87.5 Å². The molecule has 1 aromatic heterocycles. The Morgan fingerprint density at radius 1 is 1.23 bits per heavy atom. The minimum atomic E-state index is -1.28. The fraction of sp³-hybridized carbons (Fsp3) is 0.125. The van der Waals surface area contributed by atoms with Crippen molar-refractivity contribution in [2.75, 3.05) is 0 Å². The van der Waals surface area contributed by atoms with E-state index in [2.05, 4.69) is 4.98 Å². The van der Waals surface area contributed by atoms with Gasteiger partial charge in [-0.05, 0) is 12.5 Å². The quantitative estimate of drug-likeness (QED) is 0.704. The van der Waals surface area contributed by atoms with Crippen molar-refractivity contribution in [1.82, 2.24) is 4.98 Å². The van der Waals surface area contributed by atoms with E-state index < -0.39 is 11.9 Å². The molecule has 0 atom stereocenters. The highest BCUT2D eigenvalue weighted by Gasteiger charge is 2.17. The van der Waals surface area contributed by atoms with Crippen LogP contribution in [-0.4, -0.2) is 27.1 Å². The van der Waals surface area contributed by atoms with Crippen LogP contribution in [0.1, 0.15) is 26.3 Å². The minimum absolute atomic E-state index is 0.206. The van der Waals surface area contributed by atoms with Gasteiger partial charge in [0.05, 0.1) is 11.1 Å². The number of aromatic carboxylic acids is 2. The van der Waals surface area contributed by atoms with Gasteiger partial charge in [0, 0.05) is 12.4 Å². The zero-order valence-electron chi connectivity index (χ0n) is 6.81. The molecule has 1 aromatic rings. The maximum absolute atomic E-state index is 10.7. The molecule has 68 valence electrons. The van der Waals surface area contributed by atoms with E-state index in [-0.39, 0.29) is 11.1 Å². The van der Waals surface area contributed by atoms with Crippen molar-refractivity contribution in [2.45, 2.75) is 6.92 Å². The molecule has 5 heteroatoms. The Kier molecular flexibility index (Phi) is 2.27. The summed E-state index contributed by atoms with van der Waals surface area (Å²) in [6, 6.07) is 0. The lowest BCUT2D eigenvalue weighted by Crippen LogP contribution is -2.10. The number of carbonyl (C=O) groups is 2. The van der Waals surface area contributed by atoms with Crippen LogP contribution in [0.25, 0.3) is 0 Å². The molecule has 0 fully saturated rings. The lowest BCUT2D eigenvalue weighted by atomic mass is 10.1. The van der Waals surface area contributed by atoms with Gasteiger partial charge in [-0.3, -0.25) is 4.98 Å². The van der Waals surface area contributed by atoms with Crippen molar-refractivity contribution in [3.63, 3.8) is 0 Å². The van der Waals surface area contributed by atoms with Crippen LogP contribution in [-0.2, 0) is 0 Å². The summed E-state index contributed by atoms with van der Waals surface area (Å²) in [5.41, 5.74) is -0.151. The summed E-state index contributed by atoms with van der Waals surface area (Å²) >= 11 is 0. The molecular formula is C8H7NO4. The molecule has 0 spiro atoms. The van der Waals surface area contributed by atoms with E-state index in [9.17, 15) is 9.59 Å². The number of aryl methyl sites for hydroxylation is 1. The van der Waals surface area contributed by atoms with Gasteiger partial charge in [-0.2, -0.15) is 0 Å². The fourth-order valence-corrected chi connectivity index (χ4v) is 1.01. The van der Waals surface area contributed by atoms with Crippen LogP contribution in [0.3, 0.4) is 0 Å². The largest absolute Gasteiger partial charge is 0.478 e. The highest BCUT2D eigenvalue weighted by atomic mass is 16.4. The average Bonchev–Trinajstić information content (AvgIpc) is 2.02. The molecule has 13 heavy (non-hydrogen) atoms. The number of nitrogens with zero attached hydrogens (tertiary/aromatic N) is 1. The van der Waals surface area contributed by atoms with Gasteiger partial charge >= 0.3 is 11.9 Å². The number of carboxylic acids is 2. The Balaban J connectivity index is 3.43. The molecule has 0 bridgehead atoms. The number of rotatable bonds is 2. The molecule has 0 aliphatic heterocycles. The summed E-state index contributed by atoms with van der Waals surface area (Å²) < 4.78 is 0. The molecule has 2 N–H and O–H groups in total. The predicted octanol–water partition coefficient (Wildman–Crippen LogP) is 0.786. The van der Waals surface area contributed by atoms with Crippen molar-refractivity contribution in [3.8, 4) is 0 Å². The standard InChI is InChI=1S/C8H7NO4/c1-4-2-9-3-5(7(10)11)6(4)8(12)13/h2-3H,1H3,(H,10,11)(H,12,13). The van der Waals surface area contributed by atoms with Gasteiger partial charge in [0.1, 0.15) is 0 Å². The first kappa shape index (κ1) is 9.18. The Morgan fingerprint density at radius 3 is 2.23 bits per heavy atom. The molecule has 0 aliphatic rings. The molecule has 0 saturated carbocycles. The number of aromatic nitrogens is 1. The summed E-state index contributed by atoms with van der Waals surface area (Å²) in [6.07, 6.45) is 2.34. The molecule has 0 amide bonds. The van der Waals surface area contributed by atoms with Crippen molar-refractivity contribution < 1.29 is 19.8 Å². The normalized spacial score (nSPS) is 9.62. The maximum atomic E-state index is 10.7. The highest BCUT2D eigenvalue weighted by molar-refractivity contribution is 6.02. The third kappa shape index (κ3) is 1.64. The smallest absolute Gasteiger partial charge is 0.338 e. The summed E-state index contributed by atoms with van der Waals surface area (Å²) in [4.78, 5) is 24.8. The van der Waals surface area contributed by atoms with Gasteiger partial charge in [-0.25, -0.2) is 9.59 Å². The molecule has 0 unspecified atom stereocenters. The van der Waals surface area contributed by atoms with E-state index in [1.54, 1.807) is 0 Å². The number of hydrogen-bond donors (Lipinski definition) is 2. The summed E-state index contributed by atoms with van der Waals surface area (Å²) in [6.45, 7) is 1.50. The van der Waals surface area contributed by atoms with E-state index in [4.69, 9.17) is 10.2 Å². The maximum Gasteiger partial charge on any atom is 0.338 e. The number of carboxylic acid groups (broad SMARTS) is 2. The average molecular weight is 181 g/mol. The molecule has 0 aromatic carbocycles. The van der Waals surface area contributed by atoms with Crippen LogP contribution in [0.4, 0.5) is 0 Å². The second-order valence-corrected chi connectivity index (χ2v) is 2.49.